The molecule has 1 atom stereocenters. The fourth-order valence-electron chi connectivity index (χ4n) is 3.43. The zero-order valence-electron chi connectivity index (χ0n) is 13.8. The molecule has 2 N–H and O–H groups in total. The van der Waals surface area contributed by atoms with Crippen molar-refractivity contribution in [3.8, 4) is 0 Å². The maximum atomic E-state index is 12.6. The van der Waals surface area contributed by atoms with E-state index in [0.29, 0.717) is 29.0 Å². The number of H-pyrrole nitrogens is 1. The predicted octanol–water partition coefficient (Wildman–Crippen LogP) is 1.44. The van der Waals surface area contributed by atoms with Gasteiger partial charge in [-0.15, -0.1) is 0 Å². The van der Waals surface area contributed by atoms with Crippen LogP contribution in [0.5, 0.6) is 0 Å². The summed E-state index contributed by atoms with van der Waals surface area (Å²) in [5.41, 5.74) is 1.08. The van der Waals surface area contributed by atoms with Crippen LogP contribution in [0.1, 0.15) is 45.4 Å². The number of nitrogens with one attached hydrogen (secondary N) is 2. The molecule has 2 aliphatic rings. The van der Waals surface area contributed by atoms with E-state index in [4.69, 9.17) is 0 Å². The van der Waals surface area contributed by atoms with Crippen molar-refractivity contribution < 1.29 is 19.2 Å². The number of rotatable bonds is 4. The van der Waals surface area contributed by atoms with Crippen LogP contribution >= 0.6 is 11.8 Å². The van der Waals surface area contributed by atoms with Crippen molar-refractivity contribution in [2.45, 2.75) is 32.7 Å². The highest BCUT2D eigenvalue weighted by Gasteiger charge is 2.53. The second-order valence-corrected chi connectivity index (χ2v) is 7.42. The molecule has 3 amide bonds. The average Bonchev–Trinajstić information content (AvgIpc) is 3.14. The number of aromatic nitrogens is 1. The lowest BCUT2D eigenvalue weighted by atomic mass is 9.99. The molecule has 1 aromatic rings. The lowest BCUT2D eigenvalue weighted by molar-refractivity contribution is -0.130. The van der Waals surface area contributed by atoms with E-state index in [2.05, 4.69) is 10.3 Å². The normalized spacial score (nSPS) is 23.2. The van der Waals surface area contributed by atoms with E-state index in [1.54, 1.807) is 25.6 Å². The van der Waals surface area contributed by atoms with Crippen LogP contribution in [0.4, 0.5) is 4.79 Å². The number of thioether (sulfide) groups is 1. The van der Waals surface area contributed by atoms with Crippen LogP contribution in [-0.2, 0) is 4.79 Å². The molecular weight excluding hydrogens is 330 g/mol. The molecule has 2 fully saturated rings. The monoisotopic (exact) mass is 349 g/mol. The Hall–Kier alpha value is -2.09. The van der Waals surface area contributed by atoms with E-state index in [0.717, 1.165) is 10.7 Å². The standard InChI is InChI=1S/C16H19N3O4S/c1-8-12(10(3)20)9(2)17-13(8)11(21)6-19-14(22)16(18-15(19)23)4-5-24-7-16/h17H,4-7H2,1-3H3,(H,18,23). The number of Topliss-reactive ketones (excluding diaryl/α,β-unsaturated/α-hetero) is 2. The Morgan fingerprint density at radius 1 is 1.29 bits per heavy atom. The van der Waals surface area contributed by atoms with Crippen molar-refractivity contribution in [3.05, 3.63) is 22.5 Å². The number of aromatic amines is 1. The molecule has 1 aromatic heterocycles. The molecule has 1 spiro atoms. The van der Waals surface area contributed by atoms with Gasteiger partial charge in [0.25, 0.3) is 5.91 Å². The summed E-state index contributed by atoms with van der Waals surface area (Å²) in [6, 6.07) is -0.524. The van der Waals surface area contributed by atoms with Gasteiger partial charge in [0.15, 0.2) is 11.6 Å². The number of imide groups is 1. The molecule has 0 bridgehead atoms. The molecule has 24 heavy (non-hydrogen) atoms. The molecule has 0 radical (unpaired) electrons. The number of carbonyl (C=O) groups is 4. The minimum Gasteiger partial charge on any atom is -0.355 e. The van der Waals surface area contributed by atoms with Crippen LogP contribution < -0.4 is 5.32 Å². The Morgan fingerprint density at radius 3 is 2.54 bits per heavy atom. The van der Waals surface area contributed by atoms with Gasteiger partial charge in [-0.1, -0.05) is 0 Å². The molecule has 0 aromatic carbocycles. The SMILES string of the molecule is CC(=O)c1c(C)[nH]c(C(=O)CN2C(=O)NC3(CCSC3)C2=O)c1C. The maximum Gasteiger partial charge on any atom is 0.325 e. The molecule has 0 aliphatic carbocycles. The second kappa shape index (κ2) is 5.77. The smallest absolute Gasteiger partial charge is 0.325 e. The van der Waals surface area contributed by atoms with Gasteiger partial charge in [0, 0.05) is 17.0 Å². The first-order valence-corrected chi connectivity index (χ1v) is 8.87. The maximum absolute atomic E-state index is 12.6. The Bertz CT molecular complexity index is 762. The predicted molar refractivity (Wildman–Crippen MR) is 89.5 cm³/mol. The third kappa shape index (κ3) is 2.45. The van der Waals surface area contributed by atoms with Gasteiger partial charge < -0.3 is 10.3 Å². The summed E-state index contributed by atoms with van der Waals surface area (Å²) in [5, 5.41) is 2.74. The Labute approximate surface area is 143 Å². The molecule has 128 valence electrons. The summed E-state index contributed by atoms with van der Waals surface area (Å²) in [5.74, 6) is 0.507. The Balaban J connectivity index is 1.83. The third-order valence-electron chi connectivity index (χ3n) is 4.64. The van der Waals surface area contributed by atoms with Crippen LogP contribution in [0.2, 0.25) is 0 Å². The minimum atomic E-state index is -0.854. The lowest BCUT2D eigenvalue weighted by Crippen LogP contribution is -2.47. The molecule has 0 saturated carbocycles. The van der Waals surface area contributed by atoms with Crippen molar-refractivity contribution in [2.75, 3.05) is 18.1 Å². The Morgan fingerprint density at radius 2 is 2.00 bits per heavy atom. The number of aryl methyl sites for hydroxylation is 1. The molecule has 3 heterocycles. The number of urea groups is 1. The van der Waals surface area contributed by atoms with E-state index >= 15 is 0 Å². The van der Waals surface area contributed by atoms with Gasteiger partial charge in [0.05, 0.1) is 12.2 Å². The van der Waals surface area contributed by atoms with Gasteiger partial charge in [0.2, 0.25) is 0 Å². The van der Waals surface area contributed by atoms with E-state index in [1.807, 2.05) is 0 Å². The topological polar surface area (TPSA) is 99.3 Å². The van der Waals surface area contributed by atoms with Crippen LogP contribution in [0.15, 0.2) is 0 Å². The van der Waals surface area contributed by atoms with Crippen molar-refractivity contribution >= 4 is 35.3 Å². The van der Waals surface area contributed by atoms with E-state index in [-0.39, 0.29) is 29.7 Å². The van der Waals surface area contributed by atoms with Gasteiger partial charge in [-0.2, -0.15) is 11.8 Å². The largest absolute Gasteiger partial charge is 0.355 e. The molecule has 3 rings (SSSR count). The third-order valence-corrected chi connectivity index (χ3v) is 5.83. The zero-order valence-corrected chi connectivity index (χ0v) is 14.6. The van der Waals surface area contributed by atoms with Crippen LogP contribution in [0.3, 0.4) is 0 Å². The number of hydrogen-bond donors (Lipinski definition) is 2. The summed E-state index contributed by atoms with van der Waals surface area (Å²) in [4.78, 5) is 52.9. The average molecular weight is 349 g/mol. The number of carbonyl (C=O) groups excluding carboxylic acids is 4. The van der Waals surface area contributed by atoms with Gasteiger partial charge in [-0.05, 0) is 38.5 Å². The highest BCUT2D eigenvalue weighted by atomic mass is 32.2. The van der Waals surface area contributed by atoms with Gasteiger partial charge in [-0.3, -0.25) is 19.3 Å². The van der Waals surface area contributed by atoms with E-state index in [9.17, 15) is 19.2 Å². The summed E-state index contributed by atoms with van der Waals surface area (Å²) >= 11 is 1.61. The first kappa shape index (κ1) is 16.8. The van der Waals surface area contributed by atoms with E-state index < -0.39 is 11.6 Å². The molecule has 8 heteroatoms. The first-order valence-electron chi connectivity index (χ1n) is 7.72. The number of nitrogens with zero attached hydrogens (tertiary/aromatic N) is 1. The quantitative estimate of drug-likeness (QED) is 0.633. The van der Waals surface area contributed by atoms with Crippen LogP contribution in [0.25, 0.3) is 0 Å². The van der Waals surface area contributed by atoms with E-state index in [1.165, 1.54) is 6.92 Å². The molecule has 7 nitrogen and oxygen atoms in total. The second-order valence-electron chi connectivity index (χ2n) is 6.31. The minimum absolute atomic E-state index is 0.128. The summed E-state index contributed by atoms with van der Waals surface area (Å²) in [6.45, 7) is 4.53. The number of ketones is 2. The number of amides is 3. The van der Waals surface area contributed by atoms with Gasteiger partial charge in [-0.25, -0.2) is 4.79 Å². The van der Waals surface area contributed by atoms with Crippen molar-refractivity contribution in [2.24, 2.45) is 0 Å². The van der Waals surface area contributed by atoms with Crippen molar-refractivity contribution in [3.63, 3.8) is 0 Å². The first-order chi connectivity index (χ1) is 11.3. The van der Waals surface area contributed by atoms with Gasteiger partial charge >= 0.3 is 6.03 Å². The molecule has 2 saturated heterocycles. The zero-order chi connectivity index (χ0) is 17.6. The molecular formula is C16H19N3O4S. The van der Waals surface area contributed by atoms with Crippen LogP contribution in [0, 0.1) is 13.8 Å². The summed E-state index contributed by atoms with van der Waals surface area (Å²) < 4.78 is 0. The molecule has 2 aliphatic heterocycles. The van der Waals surface area contributed by atoms with Crippen LogP contribution in [-0.4, -0.2) is 57.0 Å². The summed E-state index contributed by atoms with van der Waals surface area (Å²) in [7, 11) is 0. The lowest BCUT2D eigenvalue weighted by Gasteiger charge is -2.18. The fourth-order valence-corrected chi connectivity index (χ4v) is 4.76. The highest BCUT2D eigenvalue weighted by Crippen LogP contribution is 2.33. The summed E-state index contributed by atoms with van der Waals surface area (Å²) in [6.07, 6.45) is 0.585. The fraction of sp³-hybridized carbons (Fsp3) is 0.500. The van der Waals surface area contributed by atoms with Crippen molar-refractivity contribution in [1.29, 1.82) is 0 Å². The van der Waals surface area contributed by atoms with Crippen molar-refractivity contribution in [1.82, 2.24) is 15.2 Å². The highest BCUT2D eigenvalue weighted by molar-refractivity contribution is 7.99. The Kier molecular flexibility index (Phi) is 4.03. The number of hydrogen-bond acceptors (Lipinski definition) is 5. The van der Waals surface area contributed by atoms with Gasteiger partial charge in [0.1, 0.15) is 5.54 Å². The molecule has 1 unspecified atom stereocenters.